The summed E-state index contributed by atoms with van der Waals surface area (Å²) in [5.41, 5.74) is 0.525. The summed E-state index contributed by atoms with van der Waals surface area (Å²) >= 11 is 0. The van der Waals surface area contributed by atoms with Crippen molar-refractivity contribution in [1.29, 1.82) is 0 Å². The van der Waals surface area contributed by atoms with Crippen LogP contribution in [0.15, 0.2) is 18.2 Å². The third-order valence-corrected chi connectivity index (χ3v) is 2.66. The van der Waals surface area contributed by atoms with E-state index in [4.69, 9.17) is 5.11 Å². The first-order valence-electron chi connectivity index (χ1n) is 5.63. The van der Waals surface area contributed by atoms with Gasteiger partial charge in [0.1, 0.15) is 6.54 Å². The number of hydrogen-bond acceptors (Lipinski definition) is 4. The number of carbonyl (C=O) groups excluding carboxylic acids is 1. The molecule has 0 saturated carbocycles. The van der Waals surface area contributed by atoms with Gasteiger partial charge in [-0.1, -0.05) is 6.07 Å². The van der Waals surface area contributed by atoms with Crippen LogP contribution in [-0.4, -0.2) is 39.9 Å². The zero-order chi connectivity index (χ0) is 14.6. The van der Waals surface area contributed by atoms with Crippen molar-refractivity contribution in [1.82, 2.24) is 4.90 Å². The van der Waals surface area contributed by atoms with E-state index in [-0.39, 0.29) is 17.8 Å². The first-order valence-corrected chi connectivity index (χ1v) is 5.63. The number of carboxylic acid groups (broad SMARTS) is 1. The maximum Gasteiger partial charge on any atom is 0.323 e. The first kappa shape index (κ1) is 14.6. The molecule has 0 bridgehead atoms. The topological polar surface area (TPSA) is 101 Å². The third-order valence-electron chi connectivity index (χ3n) is 2.66. The van der Waals surface area contributed by atoms with Gasteiger partial charge >= 0.3 is 5.97 Å². The predicted octanol–water partition coefficient (Wildman–Crippen LogP) is 1.45. The first-order chi connectivity index (χ1) is 8.86. The molecule has 0 unspecified atom stereocenters. The minimum atomic E-state index is -1.13. The Bertz CT molecular complexity index is 527. The van der Waals surface area contributed by atoms with Crippen molar-refractivity contribution in [2.75, 3.05) is 13.1 Å². The molecule has 1 rings (SSSR count). The number of aryl methyl sites for hydroxylation is 1. The second-order valence-electron chi connectivity index (χ2n) is 3.97. The highest BCUT2D eigenvalue weighted by Gasteiger charge is 2.20. The number of nitro groups is 1. The fourth-order valence-corrected chi connectivity index (χ4v) is 1.61. The lowest BCUT2D eigenvalue weighted by Gasteiger charge is -2.19. The minimum absolute atomic E-state index is 0.150. The molecule has 1 amide bonds. The number of rotatable bonds is 5. The van der Waals surface area contributed by atoms with Gasteiger partial charge in [-0.15, -0.1) is 0 Å². The van der Waals surface area contributed by atoms with Crippen molar-refractivity contribution in [3.8, 4) is 0 Å². The monoisotopic (exact) mass is 266 g/mol. The van der Waals surface area contributed by atoms with Crippen molar-refractivity contribution in [2.45, 2.75) is 13.8 Å². The Kier molecular flexibility index (Phi) is 4.57. The SMILES string of the molecule is CCN(CC(=O)O)C(=O)c1cc([N+](=O)[O-])ccc1C. The van der Waals surface area contributed by atoms with E-state index in [0.29, 0.717) is 5.56 Å². The number of nitrogens with zero attached hydrogens (tertiary/aromatic N) is 2. The molecule has 0 aliphatic carbocycles. The van der Waals surface area contributed by atoms with Crippen molar-refractivity contribution in [3.05, 3.63) is 39.4 Å². The highest BCUT2D eigenvalue weighted by atomic mass is 16.6. The smallest absolute Gasteiger partial charge is 0.323 e. The number of benzene rings is 1. The van der Waals surface area contributed by atoms with E-state index in [1.807, 2.05) is 0 Å². The Morgan fingerprint density at radius 1 is 1.42 bits per heavy atom. The molecule has 0 radical (unpaired) electrons. The van der Waals surface area contributed by atoms with Crippen LogP contribution in [0, 0.1) is 17.0 Å². The van der Waals surface area contributed by atoms with Gasteiger partial charge in [0.2, 0.25) is 0 Å². The van der Waals surface area contributed by atoms with E-state index in [9.17, 15) is 19.7 Å². The lowest BCUT2D eigenvalue weighted by Crippen LogP contribution is -2.35. The van der Waals surface area contributed by atoms with E-state index >= 15 is 0 Å². The van der Waals surface area contributed by atoms with Gasteiger partial charge in [0.05, 0.1) is 4.92 Å². The minimum Gasteiger partial charge on any atom is -0.480 e. The molecule has 0 fully saturated rings. The molecular formula is C12H14N2O5. The Morgan fingerprint density at radius 2 is 2.05 bits per heavy atom. The van der Waals surface area contributed by atoms with Gasteiger partial charge in [0, 0.05) is 24.2 Å². The Morgan fingerprint density at radius 3 is 2.53 bits per heavy atom. The van der Waals surface area contributed by atoms with Crippen LogP contribution in [0.2, 0.25) is 0 Å². The molecular weight excluding hydrogens is 252 g/mol. The standard InChI is InChI=1S/C12H14N2O5/c1-3-13(7-11(15)16)12(17)10-6-9(14(18)19)5-4-8(10)2/h4-6H,3,7H2,1-2H3,(H,15,16). The molecule has 0 aliphatic rings. The Balaban J connectivity index is 3.13. The number of carboxylic acids is 1. The second kappa shape index (κ2) is 5.94. The van der Waals surface area contributed by atoms with Gasteiger partial charge in [-0.2, -0.15) is 0 Å². The van der Waals surface area contributed by atoms with Crippen LogP contribution in [0.4, 0.5) is 5.69 Å². The molecule has 1 N–H and O–H groups in total. The van der Waals surface area contributed by atoms with Gasteiger partial charge in [-0.05, 0) is 19.4 Å². The molecule has 0 aliphatic heterocycles. The summed E-state index contributed by atoms with van der Waals surface area (Å²) in [5, 5.41) is 19.4. The van der Waals surface area contributed by atoms with Gasteiger partial charge < -0.3 is 10.0 Å². The number of aliphatic carboxylic acids is 1. The number of hydrogen-bond donors (Lipinski definition) is 1. The maximum atomic E-state index is 12.1. The van der Waals surface area contributed by atoms with Crippen molar-refractivity contribution < 1.29 is 19.6 Å². The molecule has 0 saturated heterocycles. The van der Waals surface area contributed by atoms with Crippen LogP contribution in [0.3, 0.4) is 0 Å². The van der Waals surface area contributed by atoms with Gasteiger partial charge in [-0.25, -0.2) is 0 Å². The van der Waals surface area contributed by atoms with Crippen molar-refractivity contribution in [3.63, 3.8) is 0 Å². The summed E-state index contributed by atoms with van der Waals surface area (Å²) in [5.74, 6) is -1.65. The van der Waals surface area contributed by atoms with Crippen LogP contribution in [0.25, 0.3) is 0 Å². The zero-order valence-electron chi connectivity index (χ0n) is 10.6. The largest absolute Gasteiger partial charge is 0.480 e. The molecule has 0 heterocycles. The Labute approximate surface area is 109 Å². The normalized spacial score (nSPS) is 10.0. The average Bonchev–Trinajstić information content (AvgIpc) is 2.35. The molecule has 1 aromatic carbocycles. The molecule has 0 spiro atoms. The number of likely N-dealkylation sites (N-methyl/N-ethyl adjacent to an activating group) is 1. The molecule has 102 valence electrons. The fourth-order valence-electron chi connectivity index (χ4n) is 1.61. The van der Waals surface area contributed by atoms with Gasteiger partial charge in [0.15, 0.2) is 0 Å². The second-order valence-corrected chi connectivity index (χ2v) is 3.97. The van der Waals surface area contributed by atoms with Crippen LogP contribution in [0.5, 0.6) is 0 Å². The quantitative estimate of drug-likeness (QED) is 0.642. The lowest BCUT2D eigenvalue weighted by molar-refractivity contribution is -0.384. The summed E-state index contributed by atoms with van der Waals surface area (Å²) in [6, 6.07) is 3.95. The van der Waals surface area contributed by atoms with Gasteiger partial charge in [-0.3, -0.25) is 19.7 Å². The highest BCUT2D eigenvalue weighted by Crippen LogP contribution is 2.18. The number of carbonyl (C=O) groups is 2. The van der Waals surface area contributed by atoms with E-state index in [0.717, 1.165) is 4.90 Å². The molecule has 0 aromatic heterocycles. The predicted molar refractivity (Wildman–Crippen MR) is 67.0 cm³/mol. The third kappa shape index (κ3) is 3.51. The van der Waals surface area contributed by atoms with Crippen LogP contribution >= 0.6 is 0 Å². The van der Waals surface area contributed by atoms with Crippen molar-refractivity contribution >= 4 is 17.6 Å². The van der Waals surface area contributed by atoms with Gasteiger partial charge in [0.25, 0.3) is 11.6 Å². The molecule has 19 heavy (non-hydrogen) atoms. The summed E-state index contributed by atoms with van der Waals surface area (Å²) in [7, 11) is 0. The maximum absolute atomic E-state index is 12.1. The molecule has 1 aromatic rings. The fraction of sp³-hybridized carbons (Fsp3) is 0.333. The average molecular weight is 266 g/mol. The van der Waals surface area contributed by atoms with Crippen LogP contribution < -0.4 is 0 Å². The summed E-state index contributed by atoms with van der Waals surface area (Å²) < 4.78 is 0. The van der Waals surface area contributed by atoms with Crippen molar-refractivity contribution in [2.24, 2.45) is 0 Å². The van der Waals surface area contributed by atoms with E-state index in [2.05, 4.69) is 0 Å². The summed E-state index contributed by atoms with van der Waals surface area (Å²) in [6.07, 6.45) is 0. The van der Waals surface area contributed by atoms with E-state index in [1.54, 1.807) is 13.8 Å². The molecule has 0 atom stereocenters. The Hall–Kier alpha value is -2.44. The zero-order valence-corrected chi connectivity index (χ0v) is 10.6. The lowest BCUT2D eigenvalue weighted by atomic mass is 10.1. The highest BCUT2D eigenvalue weighted by molar-refractivity contribution is 5.97. The van der Waals surface area contributed by atoms with E-state index in [1.165, 1.54) is 18.2 Å². The number of amides is 1. The molecule has 7 heteroatoms. The van der Waals surface area contributed by atoms with E-state index < -0.39 is 23.3 Å². The molecule has 7 nitrogen and oxygen atoms in total. The van der Waals surface area contributed by atoms with Crippen LogP contribution in [0.1, 0.15) is 22.8 Å². The number of nitro benzene ring substituents is 1. The number of non-ortho nitro benzene ring substituents is 1. The summed E-state index contributed by atoms with van der Waals surface area (Å²) in [4.78, 5) is 34.0. The van der Waals surface area contributed by atoms with Crippen LogP contribution in [-0.2, 0) is 4.79 Å². The summed E-state index contributed by atoms with van der Waals surface area (Å²) in [6.45, 7) is 3.07.